The molecule has 0 atom stereocenters. The first-order valence-corrected chi connectivity index (χ1v) is 6.30. The third-order valence-electron chi connectivity index (χ3n) is 2.03. The van der Waals surface area contributed by atoms with E-state index in [2.05, 4.69) is 5.14 Å². The number of hydrogen-bond donors (Lipinski definition) is 2. The van der Waals surface area contributed by atoms with E-state index in [0.717, 1.165) is 0 Å². The van der Waals surface area contributed by atoms with Gasteiger partial charge in [0.2, 0.25) is 10.0 Å². The Bertz CT molecular complexity index is 632. The maximum absolute atomic E-state index is 13.1. The molecule has 0 bridgehead atoms. The van der Waals surface area contributed by atoms with E-state index in [4.69, 9.17) is 0 Å². The van der Waals surface area contributed by atoms with Crippen molar-refractivity contribution >= 4 is 21.6 Å². The van der Waals surface area contributed by atoms with Crippen LogP contribution in [0.4, 0.5) is 27.6 Å². The number of hydrogen-bond acceptors (Lipinski definition) is 3. The number of carbonyl (C=O) groups is 1. The Labute approximate surface area is 109 Å². The number of rotatable bonds is 4. The number of anilines is 1. The molecule has 0 aliphatic heterocycles. The van der Waals surface area contributed by atoms with Gasteiger partial charge in [0.1, 0.15) is 5.82 Å². The predicted octanol–water partition coefficient (Wildman–Crippen LogP) is 1.31. The molecule has 0 aromatic heterocycles. The number of benzene rings is 1. The molecule has 1 aromatic rings. The average Bonchev–Trinajstić information content (AvgIpc) is 2.26. The van der Waals surface area contributed by atoms with E-state index in [1.165, 1.54) is 5.32 Å². The van der Waals surface area contributed by atoms with Crippen molar-refractivity contribution in [1.82, 2.24) is 0 Å². The van der Waals surface area contributed by atoms with Gasteiger partial charge in [-0.15, -0.1) is 0 Å². The zero-order valence-corrected chi connectivity index (χ0v) is 10.2. The Morgan fingerprint density at radius 3 is 2.25 bits per heavy atom. The van der Waals surface area contributed by atoms with Gasteiger partial charge in [0.15, 0.2) is 0 Å². The van der Waals surface area contributed by atoms with Crippen molar-refractivity contribution in [2.45, 2.75) is 17.2 Å². The SMILES string of the molecule is NS(=O)(=O)c1cc(F)cc(NC(=O)C(F)(F)C(F)F)c1. The quantitative estimate of drug-likeness (QED) is 0.820. The van der Waals surface area contributed by atoms with Crippen LogP contribution in [-0.2, 0) is 14.8 Å². The van der Waals surface area contributed by atoms with Crippen molar-refractivity contribution in [3.63, 3.8) is 0 Å². The van der Waals surface area contributed by atoms with Gasteiger partial charge in [-0.3, -0.25) is 4.79 Å². The van der Waals surface area contributed by atoms with Crippen molar-refractivity contribution in [2.75, 3.05) is 5.32 Å². The van der Waals surface area contributed by atoms with Crippen molar-refractivity contribution in [2.24, 2.45) is 5.14 Å². The predicted molar refractivity (Wildman–Crippen MR) is 57.4 cm³/mol. The number of halogens is 5. The maximum atomic E-state index is 13.1. The van der Waals surface area contributed by atoms with Crippen LogP contribution in [0.2, 0.25) is 0 Å². The van der Waals surface area contributed by atoms with E-state index in [1.807, 2.05) is 0 Å². The number of primary sulfonamides is 1. The molecule has 1 aromatic carbocycles. The molecule has 1 rings (SSSR count). The minimum atomic E-state index is -5.01. The fourth-order valence-electron chi connectivity index (χ4n) is 1.11. The van der Waals surface area contributed by atoms with Gasteiger partial charge in [0.05, 0.1) is 4.90 Å². The molecule has 0 aliphatic carbocycles. The summed E-state index contributed by atoms with van der Waals surface area (Å²) in [5.41, 5.74) is -0.751. The number of nitrogens with one attached hydrogen (secondary N) is 1. The molecule has 0 radical (unpaired) electrons. The third kappa shape index (κ3) is 3.63. The molecule has 1 amide bonds. The fourth-order valence-corrected chi connectivity index (χ4v) is 1.68. The topological polar surface area (TPSA) is 89.3 Å². The Morgan fingerprint density at radius 2 is 1.80 bits per heavy atom. The second-order valence-corrected chi connectivity index (χ2v) is 5.16. The molecule has 11 heteroatoms. The van der Waals surface area contributed by atoms with Crippen LogP contribution in [0.1, 0.15) is 0 Å². The van der Waals surface area contributed by atoms with E-state index in [-0.39, 0.29) is 0 Å². The normalized spacial score (nSPS) is 12.6. The first kappa shape index (κ1) is 16.3. The zero-order chi connectivity index (χ0) is 15.7. The van der Waals surface area contributed by atoms with Crippen LogP contribution in [0.5, 0.6) is 0 Å². The van der Waals surface area contributed by atoms with E-state index in [1.54, 1.807) is 0 Å². The summed E-state index contributed by atoms with van der Waals surface area (Å²) in [5, 5.41) is 5.97. The maximum Gasteiger partial charge on any atom is 0.383 e. The number of nitrogens with two attached hydrogens (primary N) is 1. The largest absolute Gasteiger partial charge is 0.383 e. The molecule has 0 unspecified atom stereocenters. The van der Waals surface area contributed by atoms with Gasteiger partial charge >= 0.3 is 18.3 Å². The molecule has 112 valence electrons. The lowest BCUT2D eigenvalue weighted by molar-refractivity contribution is -0.163. The zero-order valence-electron chi connectivity index (χ0n) is 9.41. The van der Waals surface area contributed by atoms with Gasteiger partial charge in [-0.25, -0.2) is 26.7 Å². The van der Waals surface area contributed by atoms with Crippen LogP contribution in [0, 0.1) is 5.82 Å². The minimum Gasteiger partial charge on any atom is -0.321 e. The van der Waals surface area contributed by atoms with Crippen molar-refractivity contribution in [3.8, 4) is 0 Å². The highest BCUT2D eigenvalue weighted by molar-refractivity contribution is 7.89. The number of carbonyl (C=O) groups excluding carboxylic acids is 1. The molecular formula is C9H7F5N2O3S. The van der Waals surface area contributed by atoms with Gasteiger partial charge in [0.25, 0.3) is 0 Å². The Balaban J connectivity index is 3.12. The smallest absolute Gasteiger partial charge is 0.321 e. The Kier molecular flexibility index (Phi) is 4.34. The van der Waals surface area contributed by atoms with Crippen molar-refractivity contribution in [3.05, 3.63) is 24.0 Å². The van der Waals surface area contributed by atoms with Gasteiger partial charge in [-0.1, -0.05) is 0 Å². The second kappa shape index (κ2) is 5.32. The standard InChI is InChI=1S/C9H7F5N2O3S/c10-4-1-5(3-6(2-4)20(15,18)19)16-8(17)9(13,14)7(11)12/h1-3,7H,(H,16,17)(H2,15,18,19). The highest BCUT2D eigenvalue weighted by Gasteiger charge is 2.49. The highest BCUT2D eigenvalue weighted by atomic mass is 32.2. The van der Waals surface area contributed by atoms with E-state index in [0.29, 0.717) is 18.2 Å². The molecule has 5 nitrogen and oxygen atoms in total. The number of sulfonamides is 1. The lowest BCUT2D eigenvalue weighted by Crippen LogP contribution is -2.41. The van der Waals surface area contributed by atoms with Gasteiger partial charge < -0.3 is 5.32 Å². The molecule has 20 heavy (non-hydrogen) atoms. The van der Waals surface area contributed by atoms with Gasteiger partial charge in [-0.05, 0) is 18.2 Å². The fraction of sp³-hybridized carbons (Fsp3) is 0.222. The molecule has 0 fully saturated rings. The average molecular weight is 318 g/mol. The summed E-state index contributed by atoms with van der Waals surface area (Å²) in [6.45, 7) is 0. The summed E-state index contributed by atoms with van der Waals surface area (Å²) >= 11 is 0. The second-order valence-electron chi connectivity index (χ2n) is 3.60. The highest BCUT2D eigenvalue weighted by Crippen LogP contribution is 2.25. The summed E-state index contributed by atoms with van der Waals surface area (Å²) in [6, 6.07) is 1.49. The minimum absolute atomic E-state index is 0.466. The van der Waals surface area contributed by atoms with Crippen LogP contribution in [0.3, 0.4) is 0 Å². The molecule has 0 spiro atoms. The van der Waals surface area contributed by atoms with Gasteiger partial charge in [0, 0.05) is 5.69 Å². The van der Waals surface area contributed by atoms with E-state index < -0.39 is 44.7 Å². The van der Waals surface area contributed by atoms with E-state index in [9.17, 15) is 35.2 Å². The molecule has 0 aliphatic rings. The third-order valence-corrected chi connectivity index (χ3v) is 2.93. The van der Waals surface area contributed by atoms with Gasteiger partial charge in [-0.2, -0.15) is 8.78 Å². The lowest BCUT2D eigenvalue weighted by Gasteiger charge is -2.15. The lowest BCUT2D eigenvalue weighted by atomic mass is 10.2. The van der Waals surface area contributed by atoms with Crippen LogP contribution < -0.4 is 10.5 Å². The number of alkyl halides is 4. The summed E-state index contributed by atoms with van der Waals surface area (Å²) in [7, 11) is -4.36. The van der Waals surface area contributed by atoms with Crippen LogP contribution in [-0.4, -0.2) is 26.7 Å². The summed E-state index contributed by atoms with van der Waals surface area (Å²) < 4.78 is 84.1. The van der Waals surface area contributed by atoms with Crippen molar-refractivity contribution in [1.29, 1.82) is 0 Å². The summed E-state index contributed by atoms with van der Waals surface area (Å²) in [6.07, 6.45) is -4.27. The Morgan fingerprint density at radius 1 is 1.25 bits per heavy atom. The first-order chi connectivity index (χ1) is 8.94. The van der Waals surface area contributed by atoms with E-state index >= 15 is 0 Å². The molecular weight excluding hydrogens is 311 g/mol. The van der Waals surface area contributed by atoms with Crippen LogP contribution in [0.15, 0.2) is 23.1 Å². The van der Waals surface area contributed by atoms with Crippen LogP contribution >= 0.6 is 0 Å². The molecule has 0 saturated heterocycles. The van der Waals surface area contributed by atoms with Crippen molar-refractivity contribution < 1.29 is 35.2 Å². The van der Waals surface area contributed by atoms with Crippen LogP contribution in [0.25, 0.3) is 0 Å². The molecule has 0 heterocycles. The monoisotopic (exact) mass is 318 g/mol. The first-order valence-electron chi connectivity index (χ1n) is 4.75. The molecule has 3 N–H and O–H groups in total. The molecule has 0 saturated carbocycles. The summed E-state index contributed by atoms with van der Waals surface area (Å²) in [4.78, 5) is 10.1. The summed E-state index contributed by atoms with van der Waals surface area (Å²) in [5.74, 6) is -8.63. The Hall–Kier alpha value is -1.75. The number of amides is 1.